The van der Waals surface area contributed by atoms with Crippen LogP contribution in [-0.4, -0.2) is 34.6 Å². The van der Waals surface area contributed by atoms with Crippen LogP contribution < -0.4 is 0 Å². The molecule has 0 amide bonds. The second-order valence-corrected chi connectivity index (χ2v) is 6.04. The van der Waals surface area contributed by atoms with Crippen molar-refractivity contribution in [2.75, 3.05) is 19.6 Å². The number of thiazole rings is 1. The number of nitrogens with zero attached hydrogens (tertiary/aromatic N) is 2. The van der Waals surface area contributed by atoms with E-state index in [9.17, 15) is 5.11 Å². The van der Waals surface area contributed by atoms with Gasteiger partial charge in [-0.1, -0.05) is 6.92 Å². The van der Waals surface area contributed by atoms with E-state index in [1.54, 1.807) is 11.3 Å². The molecule has 2 atom stereocenters. The Kier molecular flexibility index (Phi) is 4.54. The smallest absolute Gasteiger partial charge is 0.0912 e. The van der Waals surface area contributed by atoms with Crippen LogP contribution in [-0.2, 0) is 0 Å². The molecular weight excluding hydrogens is 232 g/mol. The summed E-state index contributed by atoms with van der Waals surface area (Å²) in [5.41, 5.74) is 2.80. The summed E-state index contributed by atoms with van der Waals surface area (Å²) in [6.07, 6.45) is 3.15. The molecule has 0 saturated carbocycles. The summed E-state index contributed by atoms with van der Waals surface area (Å²) in [6.45, 7) is 7.67. The third-order valence-corrected chi connectivity index (χ3v) is 4.58. The van der Waals surface area contributed by atoms with Gasteiger partial charge in [-0.2, -0.15) is 0 Å². The van der Waals surface area contributed by atoms with Gasteiger partial charge in [-0.15, -0.1) is 11.3 Å². The Bertz CT molecular complexity index is 353. The molecule has 0 bridgehead atoms. The lowest BCUT2D eigenvalue weighted by molar-refractivity contribution is 0.123. The van der Waals surface area contributed by atoms with Gasteiger partial charge >= 0.3 is 0 Å². The average molecular weight is 254 g/mol. The van der Waals surface area contributed by atoms with Crippen LogP contribution in [0.1, 0.15) is 42.9 Å². The molecular formula is C13H22N2OS. The fourth-order valence-corrected chi connectivity index (χ4v) is 3.38. The molecule has 2 unspecified atom stereocenters. The molecule has 1 saturated heterocycles. The molecule has 2 rings (SSSR count). The number of rotatable bonds is 4. The van der Waals surface area contributed by atoms with Crippen LogP contribution in [0.4, 0.5) is 0 Å². The van der Waals surface area contributed by atoms with Gasteiger partial charge in [-0.05, 0) is 38.6 Å². The van der Waals surface area contributed by atoms with E-state index in [1.807, 2.05) is 12.4 Å². The van der Waals surface area contributed by atoms with E-state index in [0.717, 1.165) is 29.5 Å². The number of piperidine rings is 1. The molecule has 1 N–H and O–H groups in total. The number of hydrogen-bond donors (Lipinski definition) is 1. The van der Waals surface area contributed by atoms with Crippen molar-refractivity contribution in [2.24, 2.45) is 5.92 Å². The quantitative estimate of drug-likeness (QED) is 0.897. The molecule has 0 aliphatic carbocycles. The highest BCUT2D eigenvalue weighted by atomic mass is 32.1. The summed E-state index contributed by atoms with van der Waals surface area (Å²) < 4.78 is 0. The summed E-state index contributed by atoms with van der Waals surface area (Å²) in [5.74, 6) is 0.811. The average Bonchev–Trinajstić information content (AvgIpc) is 2.72. The van der Waals surface area contributed by atoms with Gasteiger partial charge in [-0.3, -0.25) is 0 Å². The van der Waals surface area contributed by atoms with Crippen molar-refractivity contribution in [1.82, 2.24) is 9.88 Å². The SMILES string of the molecule is Cc1ncsc1C(O)CCN1CCCC(C)C1. The number of aliphatic hydroxyl groups excluding tert-OH is 1. The Morgan fingerprint density at radius 2 is 2.47 bits per heavy atom. The van der Waals surface area contributed by atoms with E-state index in [2.05, 4.69) is 16.8 Å². The Labute approximate surface area is 107 Å². The maximum atomic E-state index is 10.1. The fraction of sp³-hybridized carbons (Fsp3) is 0.769. The number of aryl methyl sites for hydroxylation is 1. The van der Waals surface area contributed by atoms with E-state index in [4.69, 9.17) is 0 Å². The van der Waals surface area contributed by atoms with Crippen molar-refractivity contribution in [3.63, 3.8) is 0 Å². The second-order valence-electron chi connectivity index (χ2n) is 5.15. The molecule has 2 heterocycles. The summed E-state index contributed by atoms with van der Waals surface area (Å²) in [6, 6.07) is 0. The molecule has 1 aromatic rings. The van der Waals surface area contributed by atoms with Crippen molar-refractivity contribution < 1.29 is 5.11 Å². The summed E-state index contributed by atoms with van der Waals surface area (Å²) >= 11 is 1.57. The molecule has 1 fully saturated rings. The molecule has 1 aliphatic rings. The fourth-order valence-electron chi connectivity index (χ4n) is 2.56. The van der Waals surface area contributed by atoms with Crippen molar-refractivity contribution >= 4 is 11.3 Å². The first-order valence-corrected chi connectivity index (χ1v) is 7.35. The molecule has 17 heavy (non-hydrogen) atoms. The van der Waals surface area contributed by atoms with E-state index in [-0.39, 0.29) is 6.10 Å². The number of aromatic nitrogens is 1. The summed E-state index contributed by atoms with van der Waals surface area (Å²) in [5, 5.41) is 10.1. The third-order valence-electron chi connectivity index (χ3n) is 3.55. The van der Waals surface area contributed by atoms with Gasteiger partial charge in [0.15, 0.2) is 0 Å². The maximum absolute atomic E-state index is 10.1. The zero-order valence-corrected chi connectivity index (χ0v) is 11.5. The van der Waals surface area contributed by atoms with Crippen LogP contribution in [0.25, 0.3) is 0 Å². The van der Waals surface area contributed by atoms with Crippen LogP contribution in [0.5, 0.6) is 0 Å². The van der Waals surface area contributed by atoms with Gasteiger partial charge in [0, 0.05) is 13.1 Å². The lowest BCUT2D eigenvalue weighted by atomic mass is 10.00. The lowest BCUT2D eigenvalue weighted by Crippen LogP contribution is -2.35. The number of hydrogen-bond acceptors (Lipinski definition) is 4. The molecule has 3 nitrogen and oxygen atoms in total. The van der Waals surface area contributed by atoms with Crippen LogP contribution in [0.3, 0.4) is 0 Å². The van der Waals surface area contributed by atoms with Gasteiger partial charge in [0.25, 0.3) is 0 Å². The third kappa shape index (κ3) is 3.50. The molecule has 1 aliphatic heterocycles. The highest BCUT2D eigenvalue weighted by molar-refractivity contribution is 7.09. The topological polar surface area (TPSA) is 36.4 Å². The van der Waals surface area contributed by atoms with Gasteiger partial charge in [-0.25, -0.2) is 4.98 Å². The summed E-state index contributed by atoms with van der Waals surface area (Å²) in [4.78, 5) is 7.71. The highest BCUT2D eigenvalue weighted by Crippen LogP contribution is 2.25. The number of likely N-dealkylation sites (tertiary alicyclic amines) is 1. The zero-order valence-electron chi connectivity index (χ0n) is 10.7. The Hall–Kier alpha value is -0.450. The molecule has 0 spiro atoms. The number of aliphatic hydroxyl groups is 1. The van der Waals surface area contributed by atoms with Crippen LogP contribution >= 0.6 is 11.3 Å². The minimum atomic E-state index is -0.334. The van der Waals surface area contributed by atoms with E-state index in [0.29, 0.717) is 0 Å². The Balaban J connectivity index is 1.80. The first-order valence-electron chi connectivity index (χ1n) is 6.47. The molecule has 96 valence electrons. The van der Waals surface area contributed by atoms with Crippen molar-refractivity contribution in [1.29, 1.82) is 0 Å². The van der Waals surface area contributed by atoms with E-state index < -0.39 is 0 Å². The zero-order chi connectivity index (χ0) is 12.3. The molecule has 4 heteroatoms. The van der Waals surface area contributed by atoms with Crippen molar-refractivity contribution in [2.45, 2.75) is 39.2 Å². The van der Waals surface area contributed by atoms with Crippen molar-refractivity contribution in [3.8, 4) is 0 Å². The van der Waals surface area contributed by atoms with Crippen LogP contribution in [0, 0.1) is 12.8 Å². The molecule has 0 radical (unpaired) electrons. The Morgan fingerprint density at radius 3 is 3.12 bits per heavy atom. The maximum Gasteiger partial charge on any atom is 0.0912 e. The minimum Gasteiger partial charge on any atom is -0.387 e. The predicted octanol–water partition coefficient (Wildman–Crippen LogP) is 2.61. The van der Waals surface area contributed by atoms with Gasteiger partial charge < -0.3 is 10.0 Å². The lowest BCUT2D eigenvalue weighted by Gasteiger charge is -2.31. The minimum absolute atomic E-state index is 0.334. The molecule has 1 aromatic heterocycles. The largest absolute Gasteiger partial charge is 0.387 e. The van der Waals surface area contributed by atoms with E-state index in [1.165, 1.54) is 25.9 Å². The Morgan fingerprint density at radius 1 is 1.65 bits per heavy atom. The normalized spacial score (nSPS) is 23.8. The van der Waals surface area contributed by atoms with Gasteiger partial charge in [0.05, 0.1) is 22.2 Å². The standard InChI is InChI=1S/C13H22N2OS/c1-10-4-3-6-15(8-10)7-5-12(16)13-11(2)14-9-17-13/h9-10,12,16H,3-8H2,1-2H3. The van der Waals surface area contributed by atoms with Crippen molar-refractivity contribution in [3.05, 3.63) is 16.1 Å². The van der Waals surface area contributed by atoms with Gasteiger partial charge in [0.1, 0.15) is 0 Å². The first kappa shape index (κ1) is 13.0. The second kappa shape index (κ2) is 5.94. The van der Waals surface area contributed by atoms with Crippen LogP contribution in [0.2, 0.25) is 0 Å². The highest BCUT2D eigenvalue weighted by Gasteiger charge is 2.18. The van der Waals surface area contributed by atoms with Gasteiger partial charge in [0.2, 0.25) is 0 Å². The first-order chi connectivity index (χ1) is 8.16. The van der Waals surface area contributed by atoms with Crippen LogP contribution in [0.15, 0.2) is 5.51 Å². The van der Waals surface area contributed by atoms with E-state index >= 15 is 0 Å². The molecule has 0 aromatic carbocycles. The monoisotopic (exact) mass is 254 g/mol. The summed E-state index contributed by atoms with van der Waals surface area (Å²) in [7, 11) is 0. The predicted molar refractivity (Wildman–Crippen MR) is 71.3 cm³/mol.